The molecule has 3 N–H and O–H groups in total. The SMILES string of the molecule is CCc1cccc(C)c1N(C(=O)CSCC(O)C(=O)O)C(C)CO. The van der Waals surface area contributed by atoms with E-state index in [2.05, 4.69) is 0 Å². The first-order chi connectivity index (χ1) is 11.3. The minimum Gasteiger partial charge on any atom is -0.479 e. The van der Waals surface area contributed by atoms with Crippen LogP contribution in [-0.4, -0.2) is 57.5 Å². The lowest BCUT2D eigenvalue weighted by atomic mass is 10.0. The van der Waals surface area contributed by atoms with Crippen LogP contribution in [0, 0.1) is 6.92 Å². The molecular formula is C17H25NO5S. The highest BCUT2D eigenvalue weighted by atomic mass is 32.2. The number of carboxylic acids is 1. The van der Waals surface area contributed by atoms with Gasteiger partial charge < -0.3 is 20.2 Å². The van der Waals surface area contributed by atoms with Crippen LogP contribution in [0.4, 0.5) is 5.69 Å². The van der Waals surface area contributed by atoms with Gasteiger partial charge in [0.25, 0.3) is 0 Å². The van der Waals surface area contributed by atoms with Crippen LogP contribution in [0.3, 0.4) is 0 Å². The molecule has 0 aliphatic carbocycles. The second-order valence-corrected chi connectivity index (χ2v) is 6.63. The van der Waals surface area contributed by atoms with E-state index in [-0.39, 0.29) is 24.0 Å². The van der Waals surface area contributed by atoms with Crippen molar-refractivity contribution in [2.24, 2.45) is 0 Å². The van der Waals surface area contributed by atoms with E-state index in [1.165, 1.54) is 0 Å². The topological polar surface area (TPSA) is 98.1 Å². The lowest BCUT2D eigenvalue weighted by molar-refractivity contribution is -0.145. The number of carbonyl (C=O) groups is 2. The summed E-state index contributed by atoms with van der Waals surface area (Å²) in [6.07, 6.45) is -0.736. The Hall–Kier alpha value is -1.57. The highest BCUT2D eigenvalue weighted by molar-refractivity contribution is 8.00. The maximum atomic E-state index is 12.7. The Morgan fingerprint density at radius 2 is 2.00 bits per heavy atom. The summed E-state index contributed by atoms with van der Waals surface area (Å²) in [5, 5.41) is 27.5. The molecule has 0 heterocycles. The van der Waals surface area contributed by atoms with Crippen molar-refractivity contribution in [3.63, 3.8) is 0 Å². The first-order valence-electron chi connectivity index (χ1n) is 7.83. The van der Waals surface area contributed by atoms with E-state index < -0.39 is 18.1 Å². The highest BCUT2D eigenvalue weighted by Gasteiger charge is 2.25. The largest absolute Gasteiger partial charge is 0.479 e. The van der Waals surface area contributed by atoms with Crippen molar-refractivity contribution >= 4 is 29.3 Å². The van der Waals surface area contributed by atoms with Gasteiger partial charge in [0.1, 0.15) is 0 Å². The van der Waals surface area contributed by atoms with Gasteiger partial charge in [-0.15, -0.1) is 11.8 Å². The maximum absolute atomic E-state index is 12.7. The van der Waals surface area contributed by atoms with Crippen LogP contribution in [-0.2, 0) is 16.0 Å². The molecule has 0 radical (unpaired) electrons. The number of aliphatic hydroxyl groups excluding tert-OH is 2. The highest BCUT2D eigenvalue weighted by Crippen LogP contribution is 2.28. The Morgan fingerprint density at radius 1 is 1.33 bits per heavy atom. The van der Waals surface area contributed by atoms with Crippen LogP contribution in [0.5, 0.6) is 0 Å². The second kappa shape index (κ2) is 9.66. The van der Waals surface area contributed by atoms with Gasteiger partial charge in [-0.1, -0.05) is 25.1 Å². The van der Waals surface area contributed by atoms with Gasteiger partial charge in [0.05, 0.1) is 24.1 Å². The van der Waals surface area contributed by atoms with Crippen LogP contribution in [0.1, 0.15) is 25.0 Å². The predicted molar refractivity (Wildman–Crippen MR) is 95.6 cm³/mol. The number of amides is 1. The third kappa shape index (κ3) is 5.22. The Morgan fingerprint density at radius 3 is 2.54 bits per heavy atom. The summed E-state index contributed by atoms with van der Waals surface area (Å²) in [7, 11) is 0. The number of anilines is 1. The quantitative estimate of drug-likeness (QED) is 0.620. The van der Waals surface area contributed by atoms with E-state index in [1.807, 2.05) is 32.0 Å². The van der Waals surface area contributed by atoms with Gasteiger partial charge >= 0.3 is 5.97 Å². The number of rotatable bonds is 9. The summed E-state index contributed by atoms with van der Waals surface area (Å²) in [6, 6.07) is 5.41. The molecule has 0 saturated heterocycles. The van der Waals surface area contributed by atoms with E-state index in [1.54, 1.807) is 11.8 Å². The average molecular weight is 355 g/mol. The first-order valence-corrected chi connectivity index (χ1v) is 8.98. The van der Waals surface area contributed by atoms with Crippen LogP contribution in [0.25, 0.3) is 0 Å². The predicted octanol–water partition coefficient (Wildman–Crippen LogP) is 1.45. The molecule has 0 aliphatic heterocycles. The second-order valence-electron chi connectivity index (χ2n) is 5.60. The number of carboxylic acid groups (broad SMARTS) is 1. The molecule has 134 valence electrons. The van der Waals surface area contributed by atoms with Crippen molar-refractivity contribution in [3.8, 4) is 0 Å². The van der Waals surface area contributed by atoms with E-state index in [0.29, 0.717) is 0 Å². The number of thioether (sulfide) groups is 1. The van der Waals surface area contributed by atoms with Gasteiger partial charge in [0.15, 0.2) is 6.10 Å². The molecule has 0 bridgehead atoms. The summed E-state index contributed by atoms with van der Waals surface area (Å²) in [6.45, 7) is 5.51. The lowest BCUT2D eigenvalue weighted by Gasteiger charge is -2.31. The van der Waals surface area contributed by atoms with Gasteiger partial charge in [0.2, 0.25) is 5.91 Å². The van der Waals surface area contributed by atoms with E-state index >= 15 is 0 Å². The molecule has 1 amide bonds. The van der Waals surface area contributed by atoms with Crippen LogP contribution in [0.2, 0.25) is 0 Å². The van der Waals surface area contributed by atoms with Crippen molar-refractivity contribution in [3.05, 3.63) is 29.3 Å². The molecular weight excluding hydrogens is 330 g/mol. The summed E-state index contributed by atoms with van der Waals surface area (Å²) >= 11 is 1.06. The van der Waals surface area contributed by atoms with Crippen LogP contribution < -0.4 is 4.90 Å². The molecule has 2 atom stereocenters. The smallest absolute Gasteiger partial charge is 0.333 e. The fraction of sp³-hybridized carbons (Fsp3) is 0.529. The van der Waals surface area contributed by atoms with Crippen molar-refractivity contribution in [1.82, 2.24) is 0 Å². The number of aliphatic hydroxyl groups is 2. The molecule has 0 aromatic heterocycles. The Kier molecular flexibility index (Phi) is 8.24. The van der Waals surface area contributed by atoms with Gasteiger partial charge in [-0.05, 0) is 31.4 Å². The minimum atomic E-state index is -1.49. The summed E-state index contributed by atoms with van der Waals surface area (Å²) in [5.41, 5.74) is 2.75. The van der Waals surface area contributed by atoms with E-state index in [9.17, 15) is 19.8 Å². The number of hydrogen-bond donors (Lipinski definition) is 3. The summed E-state index contributed by atoms with van der Waals surface area (Å²) in [5.74, 6) is -1.55. The fourth-order valence-corrected chi connectivity index (χ4v) is 3.22. The van der Waals surface area contributed by atoms with Crippen LogP contribution in [0.15, 0.2) is 18.2 Å². The Balaban J connectivity index is 2.98. The van der Waals surface area contributed by atoms with Gasteiger partial charge in [-0.2, -0.15) is 0 Å². The molecule has 1 rings (SSSR count). The monoisotopic (exact) mass is 355 g/mol. The average Bonchev–Trinajstić information content (AvgIpc) is 2.55. The van der Waals surface area contributed by atoms with Gasteiger partial charge in [-0.3, -0.25) is 4.79 Å². The zero-order valence-corrected chi connectivity index (χ0v) is 15.0. The normalized spacial score (nSPS) is 13.4. The molecule has 24 heavy (non-hydrogen) atoms. The molecule has 1 aromatic rings. The Labute approximate surface area is 146 Å². The molecule has 7 heteroatoms. The maximum Gasteiger partial charge on any atom is 0.333 e. The summed E-state index contributed by atoms with van der Waals surface area (Å²) in [4.78, 5) is 24.9. The van der Waals surface area contributed by atoms with Crippen molar-refractivity contribution in [2.75, 3.05) is 23.0 Å². The Bertz CT molecular complexity index is 578. The fourth-order valence-electron chi connectivity index (χ4n) is 2.42. The number of nitrogens with zero attached hydrogens (tertiary/aromatic N) is 1. The lowest BCUT2D eigenvalue weighted by Crippen LogP contribution is -2.43. The zero-order chi connectivity index (χ0) is 18.3. The number of aryl methyl sites for hydroxylation is 2. The van der Waals surface area contributed by atoms with Crippen molar-refractivity contribution < 1.29 is 24.9 Å². The number of hydrogen-bond acceptors (Lipinski definition) is 5. The van der Waals surface area contributed by atoms with Crippen LogP contribution >= 0.6 is 11.8 Å². The molecule has 0 spiro atoms. The number of aliphatic carboxylic acids is 1. The number of carbonyl (C=O) groups excluding carboxylic acids is 1. The molecule has 0 aliphatic rings. The molecule has 0 fully saturated rings. The molecule has 0 saturated carbocycles. The first kappa shape index (κ1) is 20.5. The van der Waals surface area contributed by atoms with Crippen molar-refractivity contribution in [2.45, 2.75) is 39.3 Å². The van der Waals surface area contributed by atoms with Gasteiger partial charge in [0, 0.05) is 5.75 Å². The number of benzene rings is 1. The zero-order valence-electron chi connectivity index (χ0n) is 14.2. The molecule has 1 aromatic carbocycles. The third-order valence-corrected chi connectivity index (χ3v) is 4.71. The third-order valence-electron chi connectivity index (χ3n) is 3.70. The standard InChI is InChI=1S/C17H25NO5S/c1-4-13-7-5-6-11(2)16(13)18(12(3)8-19)15(21)10-24-9-14(20)17(22)23/h5-7,12,14,19-20H,4,8-10H2,1-3H3,(H,22,23). The molecule has 2 unspecified atom stereocenters. The number of para-hydroxylation sites is 1. The molecule has 6 nitrogen and oxygen atoms in total. The summed E-state index contributed by atoms with van der Waals surface area (Å²) < 4.78 is 0. The van der Waals surface area contributed by atoms with Crippen molar-refractivity contribution in [1.29, 1.82) is 0 Å². The van der Waals surface area contributed by atoms with Gasteiger partial charge in [-0.25, -0.2) is 4.79 Å². The van der Waals surface area contributed by atoms with E-state index in [0.717, 1.165) is 35.0 Å². The van der Waals surface area contributed by atoms with E-state index in [4.69, 9.17) is 5.11 Å². The minimum absolute atomic E-state index is 0.0339.